The average molecular weight is 213 g/mol. The maximum absolute atomic E-state index is 3.13. The van der Waals surface area contributed by atoms with Crippen LogP contribution in [0.4, 0.5) is 0 Å². The molecule has 0 N–H and O–H groups in total. The Kier molecular flexibility index (Phi) is 15.6. The number of hydrogen-bond donors (Lipinski definition) is 0. The first-order valence-corrected chi connectivity index (χ1v) is 3.53. The molecule has 0 radical (unpaired) electrons. The molecular formula is C5H11ClPd. The Labute approximate surface area is 62.9 Å². The van der Waals surface area contributed by atoms with Crippen LogP contribution in [0.1, 0.15) is 26.2 Å². The van der Waals surface area contributed by atoms with E-state index in [4.69, 9.17) is 0 Å². The van der Waals surface area contributed by atoms with Crippen molar-refractivity contribution in [1.29, 1.82) is 0 Å². The van der Waals surface area contributed by atoms with Gasteiger partial charge in [-0.2, -0.15) is 0 Å². The second-order valence-corrected chi connectivity index (χ2v) is 2.14. The quantitative estimate of drug-likeness (QED) is 0.423. The van der Waals surface area contributed by atoms with E-state index in [0.717, 1.165) is 0 Å². The maximum atomic E-state index is 3.13. The fraction of sp³-hybridized carbons (Fsp3) is 1.00. The molecule has 48 valence electrons. The Morgan fingerprint density at radius 3 is 2.00 bits per heavy atom. The van der Waals surface area contributed by atoms with E-state index in [1.165, 1.54) is 24.2 Å². The van der Waals surface area contributed by atoms with Crippen LogP contribution < -0.4 is 12.4 Å². The first kappa shape index (κ1) is 10.8. The first-order valence-electron chi connectivity index (χ1n) is 2.43. The molecule has 0 aromatic carbocycles. The van der Waals surface area contributed by atoms with Gasteiger partial charge in [-0.25, -0.2) is 0 Å². The van der Waals surface area contributed by atoms with Gasteiger partial charge in [0.05, 0.1) is 0 Å². The molecule has 0 heterocycles. The van der Waals surface area contributed by atoms with Crippen molar-refractivity contribution in [2.75, 3.05) is 0 Å². The summed E-state index contributed by atoms with van der Waals surface area (Å²) in [6, 6.07) is 0. The van der Waals surface area contributed by atoms with Crippen LogP contribution in [0.2, 0.25) is 4.89 Å². The van der Waals surface area contributed by atoms with Gasteiger partial charge >= 0.3 is 50.3 Å². The summed E-state index contributed by atoms with van der Waals surface area (Å²) in [5.41, 5.74) is 0. The van der Waals surface area contributed by atoms with Crippen LogP contribution in [-0.4, -0.2) is 0 Å². The van der Waals surface area contributed by atoms with E-state index in [1.54, 1.807) is 0 Å². The average Bonchev–Trinajstić information content (AvgIpc) is 1.61. The van der Waals surface area contributed by atoms with Crippen LogP contribution in [-0.2, 0) is 19.2 Å². The summed E-state index contributed by atoms with van der Waals surface area (Å²) in [5, 5.41) is 0. The zero-order valence-electron chi connectivity index (χ0n) is 4.52. The standard InChI is InChI=1S/C5H11.ClH.Pd/c1-3-5-4-2;;/h1,3-5H2,2H3;1H;/q;;+1/p-1. The second kappa shape index (κ2) is 10.0. The number of rotatable bonds is 3. The molecule has 0 aliphatic rings. The van der Waals surface area contributed by atoms with Gasteiger partial charge in [-0.15, -0.1) is 0 Å². The molecule has 0 saturated heterocycles. The van der Waals surface area contributed by atoms with Crippen molar-refractivity contribution in [2.45, 2.75) is 31.1 Å². The van der Waals surface area contributed by atoms with Gasteiger partial charge in [-0.3, -0.25) is 0 Å². The van der Waals surface area contributed by atoms with Gasteiger partial charge in [0.25, 0.3) is 0 Å². The molecule has 0 spiro atoms. The summed E-state index contributed by atoms with van der Waals surface area (Å²) in [5.74, 6) is 0. The smallest absolute Gasteiger partial charge is 1.00 e. The minimum Gasteiger partial charge on any atom is -1.00 e. The summed E-state index contributed by atoms with van der Waals surface area (Å²) in [7, 11) is 0. The SMILES string of the molecule is CCCC[CH2][Pd+].[Cl-]. The van der Waals surface area contributed by atoms with Crippen molar-refractivity contribution in [3.8, 4) is 0 Å². The van der Waals surface area contributed by atoms with Crippen molar-refractivity contribution < 1.29 is 31.6 Å². The largest absolute Gasteiger partial charge is 1.00 e. The summed E-state index contributed by atoms with van der Waals surface area (Å²) in [6.45, 7) is 2.22. The zero-order chi connectivity index (χ0) is 4.83. The Morgan fingerprint density at radius 2 is 1.86 bits per heavy atom. The van der Waals surface area contributed by atoms with Crippen LogP contribution in [0.15, 0.2) is 0 Å². The summed E-state index contributed by atoms with van der Waals surface area (Å²) < 4.78 is 0. The normalized spacial score (nSPS) is 7.86. The molecule has 7 heavy (non-hydrogen) atoms. The summed E-state index contributed by atoms with van der Waals surface area (Å²) >= 11 is 3.13. The first-order chi connectivity index (χ1) is 2.91. The van der Waals surface area contributed by atoms with Gasteiger partial charge in [-0.1, -0.05) is 0 Å². The topological polar surface area (TPSA) is 0 Å². The molecule has 0 fully saturated rings. The molecule has 0 bridgehead atoms. The molecule has 0 aromatic heterocycles. The van der Waals surface area contributed by atoms with E-state index in [2.05, 4.69) is 26.1 Å². The summed E-state index contributed by atoms with van der Waals surface area (Å²) in [4.78, 5) is 1.20. The van der Waals surface area contributed by atoms with E-state index < -0.39 is 0 Å². The predicted molar refractivity (Wildman–Crippen MR) is 24.3 cm³/mol. The molecule has 0 atom stereocenters. The van der Waals surface area contributed by atoms with Crippen LogP contribution in [0, 0.1) is 0 Å². The number of halogens is 1. The fourth-order valence-corrected chi connectivity index (χ4v) is 0.718. The molecule has 0 rings (SSSR count). The minimum absolute atomic E-state index is 0. The summed E-state index contributed by atoms with van der Waals surface area (Å²) in [6.07, 6.45) is 4.05. The van der Waals surface area contributed by atoms with Gasteiger partial charge in [0.2, 0.25) is 0 Å². The second-order valence-electron chi connectivity index (χ2n) is 1.37. The molecule has 0 aliphatic carbocycles. The third-order valence-corrected chi connectivity index (χ3v) is 1.26. The van der Waals surface area contributed by atoms with Crippen molar-refractivity contribution in [3.05, 3.63) is 0 Å². The fourth-order valence-electron chi connectivity index (χ4n) is 0.329. The Bertz CT molecular complexity index is 20.0. The van der Waals surface area contributed by atoms with Crippen molar-refractivity contribution in [2.24, 2.45) is 0 Å². The molecule has 2 heteroatoms. The van der Waals surface area contributed by atoms with E-state index in [9.17, 15) is 0 Å². The number of hydrogen-bond acceptors (Lipinski definition) is 0. The van der Waals surface area contributed by atoms with E-state index in [-0.39, 0.29) is 12.4 Å². The third-order valence-electron chi connectivity index (χ3n) is 0.715. The number of unbranched alkanes of at least 4 members (excludes halogenated alkanes) is 2. The Morgan fingerprint density at radius 1 is 1.29 bits per heavy atom. The van der Waals surface area contributed by atoms with Crippen molar-refractivity contribution >= 4 is 0 Å². The molecule has 0 saturated carbocycles. The maximum Gasteiger partial charge on any atom is -1.00 e. The van der Waals surface area contributed by atoms with Crippen LogP contribution in [0.3, 0.4) is 0 Å². The Hall–Kier alpha value is 0.952. The Balaban J connectivity index is 0. The van der Waals surface area contributed by atoms with Gasteiger partial charge in [-0.05, 0) is 0 Å². The molecule has 0 aromatic rings. The molecule has 0 unspecified atom stereocenters. The molecule has 0 aliphatic heterocycles. The van der Waals surface area contributed by atoms with Crippen molar-refractivity contribution in [3.63, 3.8) is 0 Å². The van der Waals surface area contributed by atoms with Crippen molar-refractivity contribution in [1.82, 2.24) is 0 Å². The molecule has 0 amide bonds. The van der Waals surface area contributed by atoms with Crippen LogP contribution in [0.5, 0.6) is 0 Å². The molecular weight excluding hydrogens is 202 g/mol. The van der Waals surface area contributed by atoms with E-state index in [0.29, 0.717) is 0 Å². The van der Waals surface area contributed by atoms with Gasteiger partial charge < -0.3 is 12.4 Å². The van der Waals surface area contributed by atoms with Gasteiger partial charge in [0.1, 0.15) is 0 Å². The van der Waals surface area contributed by atoms with E-state index in [1.807, 2.05) is 0 Å². The van der Waals surface area contributed by atoms with Gasteiger partial charge in [0.15, 0.2) is 0 Å². The van der Waals surface area contributed by atoms with Crippen LogP contribution >= 0.6 is 0 Å². The minimum atomic E-state index is 0. The third kappa shape index (κ3) is 10.9. The van der Waals surface area contributed by atoms with E-state index >= 15 is 0 Å². The van der Waals surface area contributed by atoms with Crippen LogP contribution in [0.25, 0.3) is 0 Å². The molecule has 0 nitrogen and oxygen atoms in total. The van der Waals surface area contributed by atoms with Gasteiger partial charge in [0, 0.05) is 0 Å². The zero-order valence-corrected chi connectivity index (χ0v) is 6.83. The predicted octanol–water partition coefficient (Wildman–Crippen LogP) is -0.854. The monoisotopic (exact) mass is 212 g/mol.